The molecule has 0 bridgehead atoms. The topological polar surface area (TPSA) is 88.0 Å². The molecule has 0 spiro atoms. The van der Waals surface area contributed by atoms with Crippen LogP contribution in [0.4, 0.5) is 0 Å². The highest BCUT2D eigenvalue weighted by molar-refractivity contribution is 5.73. The van der Waals surface area contributed by atoms with Gasteiger partial charge in [-0.05, 0) is 24.6 Å². The summed E-state index contributed by atoms with van der Waals surface area (Å²) in [6.45, 7) is 1.66. The van der Waals surface area contributed by atoms with Gasteiger partial charge in [-0.3, -0.25) is 10.1 Å². The highest BCUT2D eigenvalue weighted by Gasteiger charge is 2.18. The number of aliphatic hydroxyl groups excluding tert-OH is 1. The number of nitrogens with one attached hydrogen (secondary N) is 1. The van der Waals surface area contributed by atoms with Crippen LogP contribution >= 0.6 is 0 Å². The standard InChI is InChI=1S/C13H19NO5/c1-8-4-11(18-2)9(12(5-8)19-3)6-14-10(7-15)13(16)17/h4-5,10,14-15H,6-7H2,1-3H3,(H,16,17)/t10-/m1/s1. The lowest BCUT2D eigenvalue weighted by atomic mass is 10.1. The summed E-state index contributed by atoms with van der Waals surface area (Å²) in [5, 5.41) is 20.6. The lowest BCUT2D eigenvalue weighted by Gasteiger charge is -2.17. The van der Waals surface area contributed by atoms with Crippen molar-refractivity contribution in [3.63, 3.8) is 0 Å². The number of methoxy groups -OCH3 is 2. The third kappa shape index (κ3) is 3.84. The Bertz CT molecular complexity index is 422. The van der Waals surface area contributed by atoms with Gasteiger partial charge in [0.2, 0.25) is 0 Å². The molecule has 0 aromatic heterocycles. The molecule has 0 heterocycles. The number of ether oxygens (including phenoxy) is 2. The van der Waals surface area contributed by atoms with Crippen molar-refractivity contribution < 1.29 is 24.5 Å². The average molecular weight is 269 g/mol. The molecule has 1 aromatic carbocycles. The highest BCUT2D eigenvalue weighted by atomic mass is 16.5. The zero-order chi connectivity index (χ0) is 14.4. The Morgan fingerprint density at radius 2 is 1.84 bits per heavy atom. The van der Waals surface area contributed by atoms with Crippen LogP contribution in [0, 0.1) is 6.92 Å². The van der Waals surface area contributed by atoms with Crippen LogP contribution in [0.1, 0.15) is 11.1 Å². The Morgan fingerprint density at radius 3 is 2.21 bits per heavy atom. The van der Waals surface area contributed by atoms with Gasteiger partial charge >= 0.3 is 5.97 Å². The van der Waals surface area contributed by atoms with E-state index in [1.807, 2.05) is 19.1 Å². The number of aliphatic carboxylic acids is 1. The molecule has 1 atom stereocenters. The molecule has 3 N–H and O–H groups in total. The van der Waals surface area contributed by atoms with Crippen molar-refractivity contribution in [2.24, 2.45) is 0 Å². The van der Waals surface area contributed by atoms with E-state index in [0.29, 0.717) is 11.5 Å². The molecule has 1 aromatic rings. The smallest absolute Gasteiger partial charge is 0.323 e. The minimum Gasteiger partial charge on any atom is -0.496 e. The Morgan fingerprint density at radius 1 is 1.32 bits per heavy atom. The zero-order valence-corrected chi connectivity index (χ0v) is 11.3. The predicted octanol–water partition coefficient (Wildman–Crippen LogP) is 0.547. The number of aryl methyl sites for hydroxylation is 1. The molecule has 0 unspecified atom stereocenters. The Balaban J connectivity index is 2.95. The average Bonchev–Trinajstić information content (AvgIpc) is 2.39. The van der Waals surface area contributed by atoms with Crippen molar-refractivity contribution in [1.82, 2.24) is 5.32 Å². The molecule has 1 rings (SSSR count). The number of hydrogen-bond donors (Lipinski definition) is 3. The van der Waals surface area contributed by atoms with E-state index in [0.717, 1.165) is 11.1 Å². The third-order valence-electron chi connectivity index (χ3n) is 2.76. The summed E-state index contributed by atoms with van der Waals surface area (Å²) in [5.74, 6) is 0.130. The first-order valence-electron chi connectivity index (χ1n) is 5.82. The fourth-order valence-corrected chi connectivity index (χ4v) is 1.74. The molecule has 19 heavy (non-hydrogen) atoms. The Hall–Kier alpha value is -1.79. The molecular weight excluding hydrogens is 250 g/mol. The molecule has 0 fully saturated rings. The molecule has 0 saturated heterocycles. The minimum atomic E-state index is -1.10. The maximum Gasteiger partial charge on any atom is 0.323 e. The lowest BCUT2D eigenvalue weighted by Crippen LogP contribution is -2.39. The van der Waals surface area contributed by atoms with E-state index in [2.05, 4.69) is 5.32 Å². The summed E-state index contributed by atoms with van der Waals surface area (Å²) in [7, 11) is 3.08. The molecule has 0 amide bonds. The maximum absolute atomic E-state index is 10.8. The largest absolute Gasteiger partial charge is 0.496 e. The van der Waals surface area contributed by atoms with E-state index in [4.69, 9.17) is 19.7 Å². The van der Waals surface area contributed by atoms with Crippen molar-refractivity contribution in [2.75, 3.05) is 20.8 Å². The second-order valence-electron chi connectivity index (χ2n) is 4.10. The van der Waals surface area contributed by atoms with Crippen molar-refractivity contribution in [3.05, 3.63) is 23.3 Å². The summed E-state index contributed by atoms with van der Waals surface area (Å²) < 4.78 is 10.5. The Labute approximate surface area is 112 Å². The van der Waals surface area contributed by atoms with Crippen LogP contribution in [0.15, 0.2) is 12.1 Å². The number of carboxylic acid groups (broad SMARTS) is 1. The molecule has 0 saturated carbocycles. The number of carboxylic acids is 1. The van der Waals surface area contributed by atoms with Gasteiger partial charge in [-0.2, -0.15) is 0 Å². The lowest BCUT2D eigenvalue weighted by molar-refractivity contribution is -0.140. The Kier molecular flexibility index (Phi) is 5.59. The monoisotopic (exact) mass is 269 g/mol. The van der Waals surface area contributed by atoms with Gasteiger partial charge < -0.3 is 19.7 Å². The number of aliphatic hydroxyl groups is 1. The molecule has 0 aliphatic rings. The summed E-state index contributed by atoms with van der Waals surface area (Å²) in [5.41, 5.74) is 1.70. The molecule has 0 aliphatic carbocycles. The van der Waals surface area contributed by atoms with E-state index in [1.165, 1.54) is 0 Å². The first-order chi connectivity index (χ1) is 9.03. The van der Waals surface area contributed by atoms with Gasteiger partial charge in [-0.15, -0.1) is 0 Å². The fraction of sp³-hybridized carbons (Fsp3) is 0.462. The van der Waals surface area contributed by atoms with Gasteiger partial charge in [0.25, 0.3) is 0 Å². The number of benzene rings is 1. The van der Waals surface area contributed by atoms with Gasteiger partial charge in [-0.25, -0.2) is 0 Å². The van der Waals surface area contributed by atoms with Crippen molar-refractivity contribution in [3.8, 4) is 11.5 Å². The van der Waals surface area contributed by atoms with Crippen LogP contribution in [-0.4, -0.2) is 43.1 Å². The molecule has 6 heteroatoms. The van der Waals surface area contributed by atoms with E-state index in [-0.39, 0.29) is 6.54 Å². The van der Waals surface area contributed by atoms with Crippen molar-refractivity contribution in [1.29, 1.82) is 0 Å². The highest BCUT2D eigenvalue weighted by Crippen LogP contribution is 2.30. The summed E-state index contributed by atoms with van der Waals surface area (Å²) >= 11 is 0. The van der Waals surface area contributed by atoms with Crippen molar-refractivity contribution >= 4 is 5.97 Å². The summed E-state index contributed by atoms with van der Waals surface area (Å²) in [6.07, 6.45) is 0. The minimum absolute atomic E-state index is 0.226. The molecule has 0 radical (unpaired) electrons. The molecular formula is C13H19NO5. The predicted molar refractivity (Wildman–Crippen MR) is 69.6 cm³/mol. The van der Waals surface area contributed by atoms with E-state index >= 15 is 0 Å². The van der Waals surface area contributed by atoms with Gasteiger partial charge in [0.1, 0.15) is 17.5 Å². The van der Waals surface area contributed by atoms with E-state index in [9.17, 15) is 4.79 Å². The van der Waals surface area contributed by atoms with E-state index in [1.54, 1.807) is 14.2 Å². The second kappa shape index (κ2) is 6.96. The third-order valence-corrected chi connectivity index (χ3v) is 2.76. The van der Waals surface area contributed by atoms with Crippen molar-refractivity contribution in [2.45, 2.75) is 19.5 Å². The number of carbonyl (C=O) groups is 1. The van der Waals surface area contributed by atoms with Gasteiger partial charge in [0, 0.05) is 12.1 Å². The summed E-state index contributed by atoms with van der Waals surface area (Å²) in [6, 6.07) is 2.67. The zero-order valence-electron chi connectivity index (χ0n) is 11.3. The fourth-order valence-electron chi connectivity index (χ4n) is 1.74. The second-order valence-corrected chi connectivity index (χ2v) is 4.10. The van der Waals surface area contributed by atoms with Gasteiger partial charge in [0.15, 0.2) is 0 Å². The SMILES string of the molecule is COc1cc(C)cc(OC)c1CN[C@H](CO)C(=O)O. The number of hydrogen-bond acceptors (Lipinski definition) is 5. The van der Waals surface area contributed by atoms with Crippen LogP contribution in [-0.2, 0) is 11.3 Å². The quantitative estimate of drug-likeness (QED) is 0.670. The normalized spacial score (nSPS) is 12.0. The van der Waals surface area contributed by atoms with Gasteiger partial charge in [0.05, 0.1) is 20.8 Å². The van der Waals surface area contributed by atoms with Crippen LogP contribution < -0.4 is 14.8 Å². The molecule has 0 aliphatic heterocycles. The van der Waals surface area contributed by atoms with E-state index < -0.39 is 18.6 Å². The molecule has 106 valence electrons. The number of rotatable bonds is 7. The first kappa shape index (κ1) is 15.3. The van der Waals surface area contributed by atoms with Crippen LogP contribution in [0.2, 0.25) is 0 Å². The van der Waals surface area contributed by atoms with Gasteiger partial charge in [-0.1, -0.05) is 0 Å². The van der Waals surface area contributed by atoms with Crippen LogP contribution in [0.25, 0.3) is 0 Å². The summed E-state index contributed by atoms with van der Waals surface area (Å²) in [4.78, 5) is 10.8. The maximum atomic E-state index is 10.8. The first-order valence-corrected chi connectivity index (χ1v) is 5.82. The van der Waals surface area contributed by atoms with Crippen LogP contribution in [0.5, 0.6) is 11.5 Å². The molecule has 6 nitrogen and oxygen atoms in total. The van der Waals surface area contributed by atoms with Crippen LogP contribution in [0.3, 0.4) is 0 Å².